The molecule has 5 heteroatoms. The molecule has 0 atom stereocenters. The Labute approximate surface area is 129 Å². The van der Waals surface area contributed by atoms with E-state index in [0.717, 1.165) is 28.0 Å². The summed E-state index contributed by atoms with van der Waals surface area (Å²) < 4.78 is 9.68. The van der Waals surface area contributed by atoms with Crippen LogP contribution in [0.1, 0.15) is 17.0 Å². The van der Waals surface area contributed by atoms with Gasteiger partial charge in [0.05, 0.1) is 22.9 Å². The topological polar surface area (TPSA) is 27.1 Å². The van der Waals surface area contributed by atoms with Gasteiger partial charge in [-0.25, -0.2) is 0 Å². The molecule has 0 N–H and O–H groups in total. The zero-order chi connectivity index (χ0) is 13.3. The lowest BCUT2D eigenvalue weighted by Crippen LogP contribution is -2.05. The van der Waals surface area contributed by atoms with Crippen molar-refractivity contribution < 1.29 is 4.74 Å². The van der Waals surface area contributed by atoms with Crippen LogP contribution in [0.3, 0.4) is 0 Å². The van der Waals surface area contributed by atoms with Crippen LogP contribution < -0.4 is 4.74 Å². The van der Waals surface area contributed by atoms with E-state index in [0.29, 0.717) is 0 Å². The van der Waals surface area contributed by atoms with E-state index in [-0.39, 0.29) is 0 Å². The van der Waals surface area contributed by atoms with Crippen molar-refractivity contribution in [2.24, 2.45) is 0 Å². The maximum atomic E-state index is 5.39. The number of aryl methyl sites for hydroxylation is 1. The smallest absolute Gasteiger partial charge is 0.124 e. The van der Waals surface area contributed by atoms with Gasteiger partial charge in [-0.1, -0.05) is 15.9 Å². The first-order valence-corrected chi connectivity index (χ1v) is 7.42. The van der Waals surface area contributed by atoms with E-state index in [1.165, 1.54) is 9.26 Å². The molecule has 0 unspecified atom stereocenters. The molecule has 0 bridgehead atoms. The summed E-state index contributed by atoms with van der Waals surface area (Å²) in [6.07, 6.45) is 0. The minimum Gasteiger partial charge on any atom is -0.496 e. The van der Waals surface area contributed by atoms with Gasteiger partial charge in [0.1, 0.15) is 5.75 Å². The van der Waals surface area contributed by atoms with Crippen molar-refractivity contribution in [3.05, 3.63) is 43.2 Å². The maximum Gasteiger partial charge on any atom is 0.124 e. The van der Waals surface area contributed by atoms with Gasteiger partial charge in [-0.3, -0.25) is 4.68 Å². The van der Waals surface area contributed by atoms with Crippen molar-refractivity contribution in [1.29, 1.82) is 0 Å². The number of hydrogen-bond acceptors (Lipinski definition) is 2. The fourth-order valence-corrected chi connectivity index (χ4v) is 2.66. The number of halogens is 2. The molecule has 3 nitrogen and oxygen atoms in total. The number of methoxy groups -OCH3 is 1. The summed E-state index contributed by atoms with van der Waals surface area (Å²) in [5, 5.41) is 4.55. The Kier molecular flexibility index (Phi) is 4.32. The van der Waals surface area contributed by atoms with Crippen molar-refractivity contribution in [3.8, 4) is 5.75 Å². The largest absolute Gasteiger partial charge is 0.496 e. The predicted octanol–water partition coefficient (Wildman–Crippen LogP) is 3.92. The molecular weight excluding hydrogens is 407 g/mol. The molecule has 0 aliphatic carbocycles. The zero-order valence-electron chi connectivity index (χ0n) is 10.5. The number of nitrogens with zero attached hydrogens (tertiary/aromatic N) is 2. The maximum absolute atomic E-state index is 5.39. The van der Waals surface area contributed by atoms with Gasteiger partial charge < -0.3 is 4.74 Å². The minimum atomic E-state index is 0.721. The first-order chi connectivity index (χ1) is 8.52. The molecule has 2 aromatic rings. The van der Waals surface area contributed by atoms with Crippen molar-refractivity contribution in [2.75, 3.05) is 7.11 Å². The van der Waals surface area contributed by atoms with Gasteiger partial charge in [-0.15, -0.1) is 0 Å². The van der Waals surface area contributed by atoms with Crippen LogP contribution in [0.25, 0.3) is 0 Å². The van der Waals surface area contributed by atoms with Gasteiger partial charge >= 0.3 is 0 Å². The van der Waals surface area contributed by atoms with Crippen LogP contribution in [0, 0.1) is 17.4 Å². The van der Waals surface area contributed by atoms with Crippen LogP contribution in [0.2, 0.25) is 0 Å². The lowest BCUT2D eigenvalue weighted by molar-refractivity contribution is 0.407. The molecule has 0 amide bonds. The molecule has 96 valence electrons. The molecule has 18 heavy (non-hydrogen) atoms. The van der Waals surface area contributed by atoms with Crippen LogP contribution in [0.4, 0.5) is 0 Å². The molecular formula is C13H14BrIN2O. The van der Waals surface area contributed by atoms with Gasteiger partial charge in [0.15, 0.2) is 0 Å². The van der Waals surface area contributed by atoms with E-state index >= 15 is 0 Å². The Balaban J connectivity index is 2.39. The highest BCUT2D eigenvalue weighted by atomic mass is 127. The van der Waals surface area contributed by atoms with Crippen LogP contribution in [-0.4, -0.2) is 16.9 Å². The molecule has 0 fully saturated rings. The van der Waals surface area contributed by atoms with E-state index < -0.39 is 0 Å². The number of aromatic nitrogens is 2. The highest BCUT2D eigenvalue weighted by Gasteiger charge is 2.11. The molecule has 0 aliphatic rings. The second kappa shape index (κ2) is 5.61. The Hall–Kier alpha value is -0.560. The Morgan fingerprint density at radius 1 is 1.39 bits per heavy atom. The highest BCUT2D eigenvalue weighted by molar-refractivity contribution is 14.1. The normalized spacial score (nSPS) is 10.7. The molecule has 0 saturated heterocycles. The lowest BCUT2D eigenvalue weighted by atomic mass is 10.2. The minimum absolute atomic E-state index is 0.721. The average Bonchev–Trinajstić information content (AvgIpc) is 2.57. The second-order valence-corrected chi connectivity index (χ2v) is 6.09. The average molecular weight is 421 g/mol. The first-order valence-electron chi connectivity index (χ1n) is 5.55. The Morgan fingerprint density at radius 3 is 2.67 bits per heavy atom. The monoisotopic (exact) mass is 420 g/mol. The molecule has 0 spiro atoms. The lowest BCUT2D eigenvalue weighted by Gasteiger charge is -2.10. The van der Waals surface area contributed by atoms with Crippen LogP contribution in [0.15, 0.2) is 22.7 Å². The number of rotatable bonds is 3. The Bertz CT molecular complexity index is 581. The third-order valence-electron chi connectivity index (χ3n) is 2.86. The molecule has 1 aromatic carbocycles. The van der Waals surface area contributed by atoms with Gasteiger partial charge in [-0.05, 0) is 54.6 Å². The fraction of sp³-hybridized carbons (Fsp3) is 0.308. The van der Waals surface area contributed by atoms with Crippen molar-refractivity contribution in [3.63, 3.8) is 0 Å². The van der Waals surface area contributed by atoms with Crippen LogP contribution in [0.5, 0.6) is 5.75 Å². The number of hydrogen-bond donors (Lipinski definition) is 0. The first kappa shape index (κ1) is 13.9. The number of benzene rings is 1. The van der Waals surface area contributed by atoms with E-state index in [9.17, 15) is 0 Å². The van der Waals surface area contributed by atoms with E-state index in [4.69, 9.17) is 4.74 Å². The zero-order valence-corrected chi connectivity index (χ0v) is 14.2. The van der Waals surface area contributed by atoms with Gasteiger partial charge in [0, 0.05) is 15.7 Å². The third-order valence-corrected chi connectivity index (χ3v) is 4.91. The van der Waals surface area contributed by atoms with Crippen molar-refractivity contribution in [2.45, 2.75) is 20.4 Å². The van der Waals surface area contributed by atoms with Crippen LogP contribution >= 0.6 is 38.5 Å². The van der Waals surface area contributed by atoms with Gasteiger partial charge in [0.2, 0.25) is 0 Å². The second-order valence-electron chi connectivity index (χ2n) is 4.10. The molecule has 0 saturated carbocycles. The highest BCUT2D eigenvalue weighted by Crippen LogP contribution is 2.25. The van der Waals surface area contributed by atoms with Gasteiger partial charge in [0.25, 0.3) is 0 Å². The Morgan fingerprint density at radius 2 is 2.11 bits per heavy atom. The summed E-state index contributed by atoms with van der Waals surface area (Å²) in [5.41, 5.74) is 3.38. The number of ether oxygens (including phenoxy) is 1. The summed E-state index contributed by atoms with van der Waals surface area (Å²) in [6, 6.07) is 6.02. The quantitative estimate of drug-likeness (QED) is 0.703. The fourth-order valence-electron chi connectivity index (χ4n) is 1.86. The van der Waals surface area contributed by atoms with Gasteiger partial charge in [-0.2, -0.15) is 5.10 Å². The molecule has 1 aromatic heterocycles. The predicted molar refractivity (Wildman–Crippen MR) is 84.2 cm³/mol. The molecule has 2 rings (SSSR count). The van der Waals surface area contributed by atoms with E-state index in [2.05, 4.69) is 56.6 Å². The summed E-state index contributed by atoms with van der Waals surface area (Å²) in [4.78, 5) is 0. The molecule has 0 radical (unpaired) electrons. The standard InChI is InChI=1S/C13H14BrIN2O/c1-8-13(15)9(2)17(16-8)7-10-6-11(14)4-5-12(10)18-3/h4-6H,7H2,1-3H3. The summed E-state index contributed by atoms with van der Waals surface area (Å²) in [6.45, 7) is 4.84. The summed E-state index contributed by atoms with van der Waals surface area (Å²) in [5.74, 6) is 0.890. The summed E-state index contributed by atoms with van der Waals surface area (Å²) >= 11 is 5.82. The van der Waals surface area contributed by atoms with E-state index in [1.54, 1.807) is 7.11 Å². The van der Waals surface area contributed by atoms with Crippen molar-refractivity contribution in [1.82, 2.24) is 9.78 Å². The van der Waals surface area contributed by atoms with E-state index in [1.807, 2.05) is 23.7 Å². The van der Waals surface area contributed by atoms with Crippen LogP contribution in [-0.2, 0) is 6.54 Å². The van der Waals surface area contributed by atoms with Crippen molar-refractivity contribution >= 4 is 38.5 Å². The molecule has 1 heterocycles. The molecule has 0 aliphatic heterocycles. The summed E-state index contributed by atoms with van der Waals surface area (Å²) in [7, 11) is 1.69. The third kappa shape index (κ3) is 2.71. The SMILES string of the molecule is COc1ccc(Br)cc1Cn1nc(C)c(I)c1C.